The van der Waals surface area contributed by atoms with Crippen molar-refractivity contribution in [2.45, 2.75) is 31.0 Å². The van der Waals surface area contributed by atoms with E-state index in [1.54, 1.807) is 49.3 Å². The van der Waals surface area contributed by atoms with Crippen LogP contribution < -0.4 is 14.8 Å². The molecule has 11 nitrogen and oxygen atoms in total. The molecule has 2 aliphatic rings. The van der Waals surface area contributed by atoms with Crippen molar-refractivity contribution >= 4 is 29.1 Å². The van der Waals surface area contributed by atoms with Gasteiger partial charge in [0.2, 0.25) is 5.91 Å². The van der Waals surface area contributed by atoms with Gasteiger partial charge < -0.3 is 29.7 Å². The summed E-state index contributed by atoms with van der Waals surface area (Å²) < 4.78 is 12.9. The third kappa shape index (κ3) is 5.48. The first-order chi connectivity index (χ1) is 18.7. The number of fused-ring (bicyclic) bond motifs is 5. The van der Waals surface area contributed by atoms with Crippen LogP contribution in [0.4, 0.5) is 0 Å². The lowest BCUT2D eigenvalue weighted by molar-refractivity contribution is -0.135. The zero-order valence-electron chi connectivity index (χ0n) is 22.0. The Morgan fingerprint density at radius 1 is 1.23 bits per heavy atom. The molecule has 0 aliphatic carbocycles. The van der Waals surface area contributed by atoms with Crippen molar-refractivity contribution in [3.63, 3.8) is 0 Å². The fourth-order valence-corrected chi connectivity index (χ4v) is 5.76. The molecule has 0 radical (unpaired) electrons. The highest BCUT2D eigenvalue weighted by Crippen LogP contribution is 2.36. The van der Waals surface area contributed by atoms with Crippen LogP contribution >= 0.6 is 11.3 Å². The second-order valence-corrected chi connectivity index (χ2v) is 10.7. The van der Waals surface area contributed by atoms with Crippen molar-refractivity contribution in [3.8, 4) is 22.1 Å². The maximum atomic E-state index is 13.8. The second-order valence-electron chi connectivity index (χ2n) is 9.77. The average Bonchev–Trinajstić information content (AvgIpc) is 3.66. The second kappa shape index (κ2) is 11.1. The Hall–Kier alpha value is -3.90. The van der Waals surface area contributed by atoms with E-state index >= 15 is 0 Å². The number of hydrogen-bond acceptors (Lipinski definition) is 8. The summed E-state index contributed by atoms with van der Waals surface area (Å²) in [4.78, 5) is 44.2. The number of carbonyl (C=O) groups excluding carboxylic acids is 3. The van der Waals surface area contributed by atoms with Crippen molar-refractivity contribution in [3.05, 3.63) is 53.0 Å². The predicted molar refractivity (Wildman–Crippen MR) is 144 cm³/mol. The van der Waals surface area contributed by atoms with Gasteiger partial charge in [0.05, 0.1) is 24.1 Å². The molecule has 2 bridgehead atoms. The van der Waals surface area contributed by atoms with Gasteiger partial charge in [0.15, 0.2) is 0 Å². The van der Waals surface area contributed by atoms with Crippen LogP contribution in [0.5, 0.6) is 11.5 Å². The first-order valence-corrected chi connectivity index (χ1v) is 13.6. The Morgan fingerprint density at radius 3 is 2.85 bits per heavy atom. The Balaban J connectivity index is 1.47. The summed E-state index contributed by atoms with van der Waals surface area (Å²) in [5.41, 5.74) is 1.36. The molecule has 12 heteroatoms. The predicted octanol–water partition coefficient (Wildman–Crippen LogP) is 1.77. The Labute approximate surface area is 229 Å². The minimum atomic E-state index is -0.935. The van der Waals surface area contributed by atoms with E-state index in [2.05, 4.69) is 10.4 Å². The van der Waals surface area contributed by atoms with Crippen LogP contribution in [0.25, 0.3) is 10.6 Å². The van der Waals surface area contributed by atoms with E-state index in [9.17, 15) is 19.5 Å². The molecule has 3 aromatic rings. The molecule has 2 N–H and O–H groups in total. The number of nitrogens with zero attached hydrogens (tertiary/aromatic N) is 4. The minimum absolute atomic E-state index is 0.132. The third-order valence-corrected chi connectivity index (χ3v) is 8.02. The van der Waals surface area contributed by atoms with Gasteiger partial charge in [-0.1, -0.05) is 6.07 Å². The molecule has 2 aromatic heterocycles. The highest BCUT2D eigenvalue weighted by molar-refractivity contribution is 7.14. The molecule has 0 spiro atoms. The van der Waals surface area contributed by atoms with E-state index < -0.39 is 18.1 Å². The number of benzene rings is 1. The number of aromatic nitrogens is 2. The average molecular weight is 554 g/mol. The van der Waals surface area contributed by atoms with Crippen molar-refractivity contribution in [1.29, 1.82) is 0 Å². The number of aliphatic hydroxyl groups is 1. The number of aliphatic hydroxyl groups excluding tert-OH is 1. The lowest BCUT2D eigenvalue weighted by Crippen LogP contribution is -2.52. The van der Waals surface area contributed by atoms with Gasteiger partial charge >= 0.3 is 0 Å². The number of hydrogen-bond donors (Lipinski definition) is 2. The fraction of sp³-hybridized carbons (Fsp3) is 0.407. The number of ether oxygens (including phenoxy) is 2. The Kier molecular flexibility index (Phi) is 7.58. The molecule has 0 saturated carbocycles. The molecule has 39 heavy (non-hydrogen) atoms. The molecular weight excluding hydrogens is 522 g/mol. The number of aryl methyl sites for hydroxylation is 1. The Morgan fingerprint density at radius 2 is 2.05 bits per heavy atom. The molecule has 2 aliphatic heterocycles. The lowest BCUT2D eigenvalue weighted by Gasteiger charge is -2.30. The van der Waals surface area contributed by atoms with Gasteiger partial charge in [-0.15, -0.1) is 11.3 Å². The Bertz CT molecular complexity index is 1390. The zero-order chi connectivity index (χ0) is 27.7. The van der Waals surface area contributed by atoms with Crippen LogP contribution in [0, 0.1) is 0 Å². The molecule has 1 fully saturated rings. The summed E-state index contributed by atoms with van der Waals surface area (Å²) in [6.45, 7) is 0.504. The van der Waals surface area contributed by atoms with Crippen molar-refractivity contribution < 1.29 is 29.0 Å². The maximum absolute atomic E-state index is 13.8. The molecular formula is C27H31N5O6S. The topological polar surface area (TPSA) is 126 Å². The van der Waals surface area contributed by atoms with Crippen LogP contribution in [0.3, 0.4) is 0 Å². The molecule has 206 valence electrons. The number of amides is 3. The van der Waals surface area contributed by atoms with Crippen molar-refractivity contribution in [1.82, 2.24) is 24.9 Å². The number of rotatable bonds is 3. The van der Waals surface area contributed by atoms with Gasteiger partial charge in [0.1, 0.15) is 35.5 Å². The van der Waals surface area contributed by atoms with Gasteiger partial charge in [-0.2, -0.15) is 5.10 Å². The summed E-state index contributed by atoms with van der Waals surface area (Å²) in [6.07, 6.45) is -0.177. The molecule has 3 atom stereocenters. The summed E-state index contributed by atoms with van der Waals surface area (Å²) in [5, 5.41) is 19.7. The summed E-state index contributed by atoms with van der Waals surface area (Å²) in [5.74, 6) is 0.0808. The van der Waals surface area contributed by atoms with E-state index in [1.165, 1.54) is 28.0 Å². The first kappa shape index (κ1) is 26.7. The molecule has 3 amide bonds. The van der Waals surface area contributed by atoms with Gasteiger partial charge in [0.25, 0.3) is 11.8 Å². The molecule has 1 saturated heterocycles. The quantitative estimate of drug-likeness (QED) is 0.506. The SMILES string of the molecule is COc1cccc(C(=O)N[C@H]2CCN(C)C(=O)c3cc(nn3C)-c3sccc3OC[C@@H]3C[C@H](O)CN3C2=O)c1. The monoisotopic (exact) mass is 553 g/mol. The van der Waals surface area contributed by atoms with E-state index in [4.69, 9.17) is 9.47 Å². The number of methoxy groups -OCH3 is 1. The molecule has 0 unspecified atom stereocenters. The third-order valence-electron chi connectivity index (χ3n) is 7.10. The van der Waals surface area contributed by atoms with E-state index in [0.29, 0.717) is 34.9 Å². The molecule has 5 rings (SSSR count). The minimum Gasteiger partial charge on any atom is -0.497 e. The van der Waals surface area contributed by atoms with Crippen LogP contribution in [0.2, 0.25) is 0 Å². The van der Waals surface area contributed by atoms with E-state index in [-0.39, 0.29) is 44.0 Å². The van der Waals surface area contributed by atoms with Crippen molar-refractivity contribution in [2.75, 3.05) is 33.9 Å². The summed E-state index contributed by atoms with van der Waals surface area (Å²) in [7, 11) is 4.87. The summed E-state index contributed by atoms with van der Waals surface area (Å²) in [6, 6.07) is 8.90. The van der Waals surface area contributed by atoms with Gasteiger partial charge in [0, 0.05) is 32.7 Å². The highest BCUT2D eigenvalue weighted by atomic mass is 32.1. The fourth-order valence-electron chi connectivity index (χ4n) is 4.97. The highest BCUT2D eigenvalue weighted by Gasteiger charge is 2.39. The number of nitrogens with one attached hydrogen (secondary N) is 1. The van der Waals surface area contributed by atoms with Gasteiger partial charge in [-0.3, -0.25) is 19.1 Å². The maximum Gasteiger partial charge on any atom is 0.271 e. The van der Waals surface area contributed by atoms with Crippen LogP contribution in [-0.4, -0.2) is 94.4 Å². The van der Waals surface area contributed by atoms with Crippen LogP contribution in [0.15, 0.2) is 41.8 Å². The number of thiophene rings is 1. The zero-order valence-corrected chi connectivity index (χ0v) is 22.8. The molecule has 4 heterocycles. The summed E-state index contributed by atoms with van der Waals surface area (Å²) >= 11 is 1.45. The van der Waals surface area contributed by atoms with E-state index in [1.807, 2.05) is 11.4 Å². The smallest absolute Gasteiger partial charge is 0.271 e. The van der Waals surface area contributed by atoms with Gasteiger partial charge in [-0.05, 0) is 48.6 Å². The van der Waals surface area contributed by atoms with Gasteiger partial charge in [-0.25, -0.2) is 0 Å². The normalized spacial score (nSPS) is 21.9. The van der Waals surface area contributed by atoms with Crippen molar-refractivity contribution in [2.24, 2.45) is 7.05 Å². The standard InChI is InChI=1S/C27H31N5O6S/c1-30-9-7-20(28-25(34)16-5-4-6-19(11-16)37-3)26(35)32-14-18(33)12-17(32)15-38-23-8-10-39-24(23)21-13-22(27(30)36)31(2)29-21/h4-6,8,10-11,13,17-18,20,33H,7,9,12,14-15H2,1-3H3,(H,28,34)/t17-,18-,20-/m0/s1. The molecule has 1 aromatic carbocycles. The van der Waals surface area contributed by atoms with E-state index in [0.717, 1.165) is 4.88 Å². The van der Waals surface area contributed by atoms with Crippen LogP contribution in [-0.2, 0) is 11.8 Å². The largest absolute Gasteiger partial charge is 0.497 e. The lowest BCUT2D eigenvalue weighted by atomic mass is 10.1. The first-order valence-electron chi connectivity index (χ1n) is 12.7. The number of carbonyl (C=O) groups is 3. The van der Waals surface area contributed by atoms with Crippen LogP contribution in [0.1, 0.15) is 33.7 Å².